The van der Waals surface area contributed by atoms with E-state index in [-0.39, 0.29) is 10.8 Å². The fourth-order valence-electron chi connectivity index (χ4n) is 10.3. The van der Waals surface area contributed by atoms with Crippen LogP contribution in [0.5, 0.6) is 0 Å². The lowest BCUT2D eigenvalue weighted by Crippen LogP contribution is -2.15. The summed E-state index contributed by atoms with van der Waals surface area (Å²) in [5.74, 6) is 0. The molecule has 2 aliphatic rings. The average Bonchev–Trinajstić information content (AvgIpc) is 3.66. The van der Waals surface area contributed by atoms with Crippen LogP contribution in [-0.2, 0) is 10.8 Å². The molecule has 0 unspecified atom stereocenters. The zero-order valence-electron chi connectivity index (χ0n) is 34.0. The van der Waals surface area contributed by atoms with Gasteiger partial charge in [-0.3, -0.25) is 0 Å². The molecule has 0 spiro atoms. The Kier molecular flexibility index (Phi) is 7.94. The molecule has 0 N–H and O–H groups in total. The van der Waals surface area contributed by atoms with Crippen LogP contribution in [0.3, 0.4) is 0 Å². The zero-order valence-corrected chi connectivity index (χ0v) is 34.0. The van der Waals surface area contributed by atoms with Gasteiger partial charge in [0.05, 0.1) is 11.4 Å². The van der Waals surface area contributed by atoms with Crippen molar-refractivity contribution in [3.63, 3.8) is 0 Å². The van der Waals surface area contributed by atoms with Crippen LogP contribution in [0.15, 0.2) is 200 Å². The molecule has 0 radical (unpaired) electrons. The molecule has 0 fully saturated rings. The highest BCUT2D eigenvalue weighted by atomic mass is 15.1. The molecule has 0 heterocycles. The first-order chi connectivity index (χ1) is 28.8. The molecule has 0 saturated heterocycles. The van der Waals surface area contributed by atoms with Crippen molar-refractivity contribution in [2.75, 3.05) is 4.90 Å². The minimum absolute atomic E-state index is 0.0545. The summed E-state index contributed by atoms with van der Waals surface area (Å²) >= 11 is 0. The van der Waals surface area contributed by atoms with E-state index < -0.39 is 0 Å². The van der Waals surface area contributed by atoms with Crippen LogP contribution in [-0.4, -0.2) is 0 Å². The van der Waals surface area contributed by atoms with E-state index in [2.05, 4.69) is 233 Å². The summed E-state index contributed by atoms with van der Waals surface area (Å²) in [4.78, 5) is 2.49. The highest BCUT2D eigenvalue weighted by Crippen LogP contribution is 2.55. The van der Waals surface area contributed by atoms with Crippen LogP contribution in [0.2, 0.25) is 0 Å². The molecule has 0 amide bonds. The summed E-state index contributed by atoms with van der Waals surface area (Å²) in [6, 6.07) is 74.3. The average molecular weight is 756 g/mol. The summed E-state index contributed by atoms with van der Waals surface area (Å²) < 4.78 is 0. The number of rotatable bonds is 6. The van der Waals surface area contributed by atoms with Crippen molar-refractivity contribution in [1.82, 2.24) is 0 Å². The van der Waals surface area contributed by atoms with Crippen molar-refractivity contribution in [3.05, 3.63) is 222 Å². The summed E-state index contributed by atoms with van der Waals surface area (Å²) in [6.45, 7) is 9.44. The van der Waals surface area contributed by atoms with Gasteiger partial charge in [0.25, 0.3) is 0 Å². The van der Waals surface area contributed by atoms with E-state index in [1.165, 1.54) is 88.7 Å². The van der Waals surface area contributed by atoms with Crippen LogP contribution < -0.4 is 4.90 Å². The quantitative estimate of drug-likeness (QED) is 0.163. The third kappa shape index (κ3) is 5.38. The molecule has 282 valence electrons. The van der Waals surface area contributed by atoms with Crippen LogP contribution >= 0.6 is 0 Å². The Bertz CT molecular complexity index is 3100. The maximum atomic E-state index is 2.49. The van der Waals surface area contributed by atoms with Gasteiger partial charge < -0.3 is 4.90 Å². The molecule has 1 nitrogen and oxygen atoms in total. The van der Waals surface area contributed by atoms with Gasteiger partial charge in [-0.1, -0.05) is 198 Å². The number of hydrogen-bond donors (Lipinski definition) is 0. The van der Waals surface area contributed by atoms with Gasteiger partial charge in [0.1, 0.15) is 0 Å². The molecule has 2 aliphatic carbocycles. The molecule has 0 bridgehead atoms. The van der Waals surface area contributed by atoms with Crippen molar-refractivity contribution in [2.45, 2.75) is 38.5 Å². The van der Waals surface area contributed by atoms with Gasteiger partial charge in [-0.25, -0.2) is 0 Å². The topological polar surface area (TPSA) is 3.24 Å². The highest BCUT2D eigenvalue weighted by Gasteiger charge is 2.38. The Morgan fingerprint density at radius 1 is 0.322 bits per heavy atom. The Morgan fingerprint density at radius 2 is 0.797 bits per heavy atom. The number of nitrogens with zero attached hydrogens (tertiary/aromatic N) is 1. The standard InChI is InChI=1S/C58H45N/c1-57(2)51-27-12-8-23-49(51)56-48(25-16-28-52(56)57)47-22-10-14-30-55(47)59(54-29-13-9-21-46(54)43-24-15-18-39-17-5-6-19-42(39)43)41-34-31-38(32-35-41)40-33-36-45-44-20-7-11-26-50(44)58(3,4)53(45)37-40/h5-37H,1-4H3. The first-order valence-electron chi connectivity index (χ1n) is 20.9. The Balaban J connectivity index is 1.11. The van der Waals surface area contributed by atoms with Crippen molar-refractivity contribution in [3.8, 4) is 55.6 Å². The monoisotopic (exact) mass is 755 g/mol. The predicted molar refractivity (Wildman–Crippen MR) is 250 cm³/mol. The first-order valence-corrected chi connectivity index (χ1v) is 20.9. The van der Waals surface area contributed by atoms with Gasteiger partial charge in [0, 0.05) is 27.6 Å². The van der Waals surface area contributed by atoms with E-state index in [0.29, 0.717) is 0 Å². The number of fused-ring (bicyclic) bond motifs is 7. The van der Waals surface area contributed by atoms with E-state index in [4.69, 9.17) is 0 Å². The normalized spacial score (nSPS) is 14.0. The Labute approximate surface area is 347 Å². The highest BCUT2D eigenvalue weighted by molar-refractivity contribution is 6.04. The molecular weight excluding hydrogens is 711 g/mol. The number of benzene rings is 9. The second-order valence-electron chi connectivity index (χ2n) is 17.3. The smallest absolute Gasteiger partial charge is 0.0540 e. The van der Waals surface area contributed by atoms with Gasteiger partial charge in [-0.15, -0.1) is 0 Å². The fourth-order valence-corrected chi connectivity index (χ4v) is 10.3. The van der Waals surface area contributed by atoms with E-state index in [1.807, 2.05) is 0 Å². The van der Waals surface area contributed by atoms with Crippen LogP contribution in [0.1, 0.15) is 49.9 Å². The maximum Gasteiger partial charge on any atom is 0.0540 e. The van der Waals surface area contributed by atoms with Gasteiger partial charge in [-0.2, -0.15) is 0 Å². The lowest BCUT2D eigenvalue weighted by molar-refractivity contribution is 0.660. The largest absolute Gasteiger partial charge is 0.309 e. The third-order valence-electron chi connectivity index (χ3n) is 13.3. The lowest BCUT2D eigenvalue weighted by atomic mass is 9.81. The number of anilines is 3. The van der Waals surface area contributed by atoms with Gasteiger partial charge in [-0.05, 0) is 108 Å². The number of para-hydroxylation sites is 2. The van der Waals surface area contributed by atoms with Crippen molar-refractivity contribution < 1.29 is 0 Å². The van der Waals surface area contributed by atoms with Gasteiger partial charge in [0.2, 0.25) is 0 Å². The molecule has 0 saturated carbocycles. The molecule has 59 heavy (non-hydrogen) atoms. The number of hydrogen-bond acceptors (Lipinski definition) is 1. The van der Waals surface area contributed by atoms with Crippen LogP contribution in [0.25, 0.3) is 66.4 Å². The second-order valence-corrected chi connectivity index (χ2v) is 17.3. The molecule has 0 aromatic heterocycles. The van der Waals surface area contributed by atoms with E-state index in [0.717, 1.165) is 17.1 Å². The minimum Gasteiger partial charge on any atom is -0.309 e. The van der Waals surface area contributed by atoms with Crippen molar-refractivity contribution >= 4 is 27.8 Å². The summed E-state index contributed by atoms with van der Waals surface area (Å²) in [6.07, 6.45) is 0. The van der Waals surface area contributed by atoms with Gasteiger partial charge >= 0.3 is 0 Å². The molecule has 0 aliphatic heterocycles. The van der Waals surface area contributed by atoms with Crippen LogP contribution in [0, 0.1) is 0 Å². The zero-order chi connectivity index (χ0) is 39.9. The van der Waals surface area contributed by atoms with Crippen molar-refractivity contribution in [1.29, 1.82) is 0 Å². The molecule has 9 aromatic rings. The first kappa shape index (κ1) is 35.2. The summed E-state index contributed by atoms with van der Waals surface area (Å²) in [7, 11) is 0. The van der Waals surface area contributed by atoms with E-state index in [9.17, 15) is 0 Å². The molecule has 0 atom stereocenters. The summed E-state index contributed by atoms with van der Waals surface area (Å²) in [5, 5.41) is 2.48. The minimum atomic E-state index is -0.0943. The molecule has 1 heteroatoms. The maximum absolute atomic E-state index is 2.49. The van der Waals surface area contributed by atoms with Gasteiger partial charge in [0.15, 0.2) is 0 Å². The molecular formula is C58H45N. The van der Waals surface area contributed by atoms with E-state index in [1.54, 1.807) is 0 Å². The Morgan fingerprint density at radius 3 is 1.54 bits per heavy atom. The third-order valence-corrected chi connectivity index (χ3v) is 13.3. The Hall–Kier alpha value is -6.96. The van der Waals surface area contributed by atoms with Crippen LogP contribution in [0.4, 0.5) is 17.1 Å². The SMILES string of the molecule is CC1(C)c2ccccc2-c2ccc(-c3ccc(N(c4ccccc4-c4cccc5c4-c4ccccc4C5(C)C)c4ccccc4-c4cccc5ccccc45)cc3)cc21. The molecule has 9 aromatic carbocycles. The van der Waals surface area contributed by atoms with Crippen molar-refractivity contribution in [2.24, 2.45) is 0 Å². The summed E-state index contributed by atoms with van der Waals surface area (Å²) in [5.41, 5.74) is 21.4. The predicted octanol–water partition coefficient (Wildman–Crippen LogP) is 15.9. The molecule has 11 rings (SSSR count). The van der Waals surface area contributed by atoms with E-state index >= 15 is 0 Å². The second kappa shape index (κ2) is 13.3. The lowest BCUT2D eigenvalue weighted by Gasteiger charge is -2.31. The fraction of sp³-hybridized carbons (Fsp3) is 0.103.